The number of hydrogen-bond acceptors (Lipinski definition) is 3. The Bertz CT molecular complexity index is 377. The van der Waals surface area contributed by atoms with E-state index in [9.17, 15) is 5.11 Å². The van der Waals surface area contributed by atoms with Gasteiger partial charge >= 0.3 is 0 Å². The molecule has 4 heteroatoms. The van der Waals surface area contributed by atoms with Gasteiger partial charge in [0.2, 0.25) is 0 Å². The van der Waals surface area contributed by atoms with Crippen LogP contribution in [0.5, 0.6) is 0 Å². The van der Waals surface area contributed by atoms with Crippen molar-refractivity contribution >= 4 is 0 Å². The van der Waals surface area contributed by atoms with E-state index >= 15 is 0 Å². The highest BCUT2D eigenvalue weighted by atomic mass is 16.3. The maximum atomic E-state index is 10.3. The molecule has 1 aliphatic heterocycles. The zero-order chi connectivity index (χ0) is 13.1. The SMILES string of the molecule is O[C@H](CN1CCC[C@H]2CCCC[C@H]21)Cn1cccn1. The summed E-state index contributed by atoms with van der Waals surface area (Å²) in [5, 5.41) is 14.4. The first-order chi connectivity index (χ1) is 9.33. The smallest absolute Gasteiger partial charge is 0.0862 e. The van der Waals surface area contributed by atoms with E-state index in [-0.39, 0.29) is 6.10 Å². The summed E-state index contributed by atoms with van der Waals surface area (Å²) < 4.78 is 1.83. The van der Waals surface area contributed by atoms with E-state index in [0.29, 0.717) is 6.54 Å². The lowest BCUT2D eigenvalue weighted by Gasteiger charge is -2.44. The van der Waals surface area contributed by atoms with Gasteiger partial charge in [0.15, 0.2) is 0 Å². The quantitative estimate of drug-likeness (QED) is 0.902. The van der Waals surface area contributed by atoms with Crippen molar-refractivity contribution in [3.05, 3.63) is 18.5 Å². The van der Waals surface area contributed by atoms with Crippen molar-refractivity contribution in [2.24, 2.45) is 5.92 Å². The molecule has 3 atom stereocenters. The Kier molecular flexibility index (Phi) is 4.18. The fraction of sp³-hybridized carbons (Fsp3) is 0.800. The van der Waals surface area contributed by atoms with E-state index in [2.05, 4.69) is 10.00 Å². The van der Waals surface area contributed by atoms with Crippen LogP contribution < -0.4 is 0 Å². The second kappa shape index (κ2) is 6.06. The molecule has 2 aliphatic rings. The Morgan fingerprint density at radius 3 is 2.84 bits per heavy atom. The third-order valence-corrected chi connectivity index (χ3v) is 4.76. The summed E-state index contributed by atoms with van der Waals surface area (Å²) in [4.78, 5) is 2.54. The number of rotatable bonds is 4. The standard InChI is InChI=1S/C15H25N3O/c19-14(12-18-10-4-8-16-18)11-17-9-3-6-13-5-1-2-7-15(13)17/h4,8,10,13-15,19H,1-3,5-7,9,11-12H2/t13-,14-,15-/m1/s1. The van der Waals surface area contributed by atoms with Crippen molar-refractivity contribution < 1.29 is 5.11 Å². The molecule has 0 amide bonds. The molecule has 1 aliphatic carbocycles. The number of likely N-dealkylation sites (tertiary alicyclic amines) is 1. The number of aliphatic hydroxyl groups is 1. The molecule has 2 heterocycles. The molecule has 2 fully saturated rings. The first-order valence-corrected chi connectivity index (χ1v) is 7.72. The zero-order valence-corrected chi connectivity index (χ0v) is 11.6. The molecule has 3 rings (SSSR count). The number of nitrogens with zero attached hydrogens (tertiary/aromatic N) is 3. The molecular formula is C15H25N3O. The maximum Gasteiger partial charge on any atom is 0.0862 e. The molecule has 1 saturated heterocycles. The van der Waals surface area contributed by atoms with Gasteiger partial charge in [0.05, 0.1) is 12.6 Å². The van der Waals surface area contributed by atoms with Gasteiger partial charge < -0.3 is 5.11 Å². The van der Waals surface area contributed by atoms with Gasteiger partial charge in [-0.2, -0.15) is 5.10 Å². The molecule has 1 saturated carbocycles. The summed E-state index contributed by atoms with van der Waals surface area (Å²) in [6.45, 7) is 2.58. The summed E-state index contributed by atoms with van der Waals surface area (Å²) in [5.74, 6) is 0.888. The van der Waals surface area contributed by atoms with E-state index in [4.69, 9.17) is 0 Å². The molecule has 1 aromatic heterocycles. The minimum Gasteiger partial charge on any atom is -0.390 e. The van der Waals surface area contributed by atoms with Crippen LogP contribution in [0, 0.1) is 5.92 Å². The van der Waals surface area contributed by atoms with Crippen molar-refractivity contribution in [1.82, 2.24) is 14.7 Å². The Balaban J connectivity index is 1.55. The predicted molar refractivity (Wildman–Crippen MR) is 74.8 cm³/mol. The third kappa shape index (κ3) is 3.18. The van der Waals surface area contributed by atoms with Gasteiger partial charge in [-0.15, -0.1) is 0 Å². The Hall–Kier alpha value is -0.870. The van der Waals surface area contributed by atoms with Crippen molar-refractivity contribution in [1.29, 1.82) is 0 Å². The summed E-state index contributed by atoms with van der Waals surface area (Å²) in [5.41, 5.74) is 0. The van der Waals surface area contributed by atoms with E-state index < -0.39 is 0 Å². The van der Waals surface area contributed by atoms with E-state index in [0.717, 1.165) is 25.0 Å². The van der Waals surface area contributed by atoms with Crippen molar-refractivity contribution in [2.45, 2.75) is 57.2 Å². The minimum atomic E-state index is -0.305. The number of fused-ring (bicyclic) bond motifs is 1. The summed E-state index contributed by atoms with van der Waals surface area (Å²) in [6, 6.07) is 2.64. The lowest BCUT2D eigenvalue weighted by Crippen LogP contribution is -2.49. The molecule has 0 aromatic carbocycles. The maximum absolute atomic E-state index is 10.3. The number of aliphatic hydroxyl groups excluding tert-OH is 1. The second-order valence-corrected chi connectivity index (χ2v) is 6.13. The molecule has 0 spiro atoms. The van der Waals surface area contributed by atoms with Crippen LogP contribution in [-0.4, -0.2) is 45.0 Å². The first kappa shape index (κ1) is 13.1. The zero-order valence-electron chi connectivity index (χ0n) is 11.6. The second-order valence-electron chi connectivity index (χ2n) is 6.13. The van der Waals surface area contributed by atoms with Gasteiger partial charge in [0, 0.05) is 25.0 Å². The van der Waals surface area contributed by atoms with Crippen LogP contribution in [0.3, 0.4) is 0 Å². The number of piperidine rings is 1. The van der Waals surface area contributed by atoms with Crippen LogP contribution in [0.15, 0.2) is 18.5 Å². The average Bonchev–Trinajstić information content (AvgIpc) is 2.92. The van der Waals surface area contributed by atoms with Crippen LogP contribution >= 0.6 is 0 Å². The first-order valence-electron chi connectivity index (χ1n) is 7.72. The lowest BCUT2D eigenvalue weighted by molar-refractivity contribution is 0.0152. The fourth-order valence-corrected chi connectivity index (χ4v) is 3.91. The Morgan fingerprint density at radius 2 is 2.00 bits per heavy atom. The normalized spacial score (nSPS) is 29.9. The Labute approximate surface area is 115 Å². The van der Waals surface area contributed by atoms with Crippen LogP contribution in [0.25, 0.3) is 0 Å². The molecule has 1 N–H and O–H groups in total. The molecule has 106 valence electrons. The van der Waals surface area contributed by atoms with Crippen LogP contribution in [0.4, 0.5) is 0 Å². The predicted octanol–water partition coefficient (Wildman–Crippen LogP) is 1.90. The van der Waals surface area contributed by atoms with Gasteiger partial charge in [-0.05, 0) is 44.2 Å². The fourth-order valence-electron chi connectivity index (χ4n) is 3.91. The summed E-state index contributed by atoms with van der Waals surface area (Å²) in [7, 11) is 0. The topological polar surface area (TPSA) is 41.3 Å². The molecule has 4 nitrogen and oxygen atoms in total. The van der Waals surface area contributed by atoms with E-state index in [1.165, 1.54) is 38.5 Å². The third-order valence-electron chi connectivity index (χ3n) is 4.76. The highest BCUT2D eigenvalue weighted by Gasteiger charge is 2.33. The monoisotopic (exact) mass is 263 g/mol. The molecule has 0 bridgehead atoms. The van der Waals surface area contributed by atoms with Crippen molar-refractivity contribution in [2.75, 3.05) is 13.1 Å². The Morgan fingerprint density at radius 1 is 1.16 bits per heavy atom. The van der Waals surface area contributed by atoms with Gasteiger partial charge in [0.1, 0.15) is 0 Å². The van der Waals surface area contributed by atoms with Crippen molar-refractivity contribution in [3.63, 3.8) is 0 Å². The van der Waals surface area contributed by atoms with Crippen LogP contribution in [0.2, 0.25) is 0 Å². The number of β-amino-alcohol motifs (C(OH)–C–C–N with tert-alkyl or cyclic N) is 1. The largest absolute Gasteiger partial charge is 0.390 e. The highest BCUT2D eigenvalue weighted by molar-refractivity contribution is 4.88. The van der Waals surface area contributed by atoms with E-state index in [1.54, 1.807) is 6.20 Å². The lowest BCUT2D eigenvalue weighted by atomic mass is 9.78. The van der Waals surface area contributed by atoms with Gasteiger partial charge in [-0.3, -0.25) is 9.58 Å². The molecular weight excluding hydrogens is 238 g/mol. The highest BCUT2D eigenvalue weighted by Crippen LogP contribution is 2.35. The molecule has 1 aromatic rings. The number of hydrogen-bond donors (Lipinski definition) is 1. The molecule has 19 heavy (non-hydrogen) atoms. The molecule has 0 unspecified atom stereocenters. The minimum absolute atomic E-state index is 0.305. The summed E-state index contributed by atoms with van der Waals surface area (Å²) >= 11 is 0. The van der Waals surface area contributed by atoms with Crippen LogP contribution in [-0.2, 0) is 6.54 Å². The average molecular weight is 263 g/mol. The molecule has 0 radical (unpaired) electrons. The number of aromatic nitrogens is 2. The van der Waals surface area contributed by atoms with Gasteiger partial charge in [-0.25, -0.2) is 0 Å². The van der Waals surface area contributed by atoms with Crippen LogP contribution in [0.1, 0.15) is 38.5 Å². The van der Waals surface area contributed by atoms with E-state index in [1.807, 2.05) is 16.9 Å². The van der Waals surface area contributed by atoms with Gasteiger partial charge in [0.25, 0.3) is 0 Å². The summed E-state index contributed by atoms with van der Waals surface area (Å²) in [6.07, 6.45) is 11.6. The van der Waals surface area contributed by atoms with Crippen molar-refractivity contribution in [3.8, 4) is 0 Å². The van der Waals surface area contributed by atoms with Gasteiger partial charge in [-0.1, -0.05) is 12.8 Å².